The molecule has 3 aromatic carbocycles. The molecule has 0 saturated heterocycles. The molecule has 4 rings (SSSR count). The van der Waals surface area contributed by atoms with E-state index in [1.165, 1.54) is 35.2 Å². The highest BCUT2D eigenvalue weighted by atomic mass is 35.5. The summed E-state index contributed by atoms with van der Waals surface area (Å²) in [6.07, 6.45) is 0. The molecule has 0 unspecified atom stereocenters. The van der Waals surface area contributed by atoms with Crippen LogP contribution in [0.15, 0.2) is 71.6 Å². The molecule has 33 heavy (non-hydrogen) atoms. The molecule has 1 heterocycles. The molecule has 1 aliphatic rings. The first-order valence-corrected chi connectivity index (χ1v) is 12.1. The summed E-state index contributed by atoms with van der Waals surface area (Å²) in [5.74, 6) is -0.941. The van der Waals surface area contributed by atoms with Crippen LogP contribution in [0.25, 0.3) is 0 Å². The van der Waals surface area contributed by atoms with Crippen LogP contribution in [0.1, 0.15) is 5.56 Å². The number of amides is 2. The van der Waals surface area contributed by atoms with Crippen molar-refractivity contribution >= 4 is 62.1 Å². The smallest absolute Gasteiger partial charge is 0.264 e. The molecule has 170 valence electrons. The molecule has 0 fully saturated rings. The van der Waals surface area contributed by atoms with Crippen molar-refractivity contribution in [2.24, 2.45) is 0 Å². The molecular formula is C23H19Cl2N3O4S. The van der Waals surface area contributed by atoms with E-state index in [1.54, 1.807) is 36.4 Å². The van der Waals surface area contributed by atoms with Crippen molar-refractivity contribution in [3.63, 3.8) is 0 Å². The van der Waals surface area contributed by atoms with Gasteiger partial charge < -0.3 is 5.32 Å². The van der Waals surface area contributed by atoms with Crippen LogP contribution in [-0.4, -0.2) is 33.3 Å². The summed E-state index contributed by atoms with van der Waals surface area (Å²) in [5, 5.41) is 3.11. The first-order valence-electron chi connectivity index (χ1n) is 9.90. The average Bonchev–Trinajstić information content (AvgIpc) is 2.79. The number of benzene rings is 3. The van der Waals surface area contributed by atoms with E-state index in [0.29, 0.717) is 11.4 Å². The Kier molecular flexibility index (Phi) is 6.34. The minimum Gasteiger partial charge on any atom is -0.323 e. The predicted octanol–water partition coefficient (Wildman–Crippen LogP) is 4.48. The Balaban J connectivity index is 1.76. The van der Waals surface area contributed by atoms with Crippen LogP contribution in [-0.2, 0) is 19.6 Å². The van der Waals surface area contributed by atoms with Gasteiger partial charge in [-0.15, -0.1) is 0 Å². The van der Waals surface area contributed by atoms with Crippen molar-refractivity contribution in [2.45, 2.75) is 11.8 Å². The number of rotatable bonds is 5. The lowest BCUT2D eigenvalue weighted by atomic mass is 10.2. The van der Waals surface area contributed by atoms with E-state index in [2.05, 4.69) is 5.32 Å². The zero-order valence-corrected chi connectivity index (χ0v) is 19.8. The minimum absolute atomic E-state index is 0.0174. The van der Waals surface area contributed by atoms with E-state index in [4.69, 9.17) is 23.2 Å². The highest BCUT2D eigenvalue weighted by Gasteiger charge is 2.32. The molecule has 1 aliphatic heterocycles. The number of aryl methyl sites for hydroxylation is 1. The number of carbonyl (C=O) groups is 2. The highest BCUT2D eigenvalue weighted by molar-refractivity contribution is 7.92. The zero-order valence-electron chi connectivity index (χ0n) is 17.5. The van der Waals surface area contributed by atoms with Crippen LogP contribution in [0, 0.1) is 6.92 Å². The molecule has 0 radical (unpaired) electrons. The molecule has 0 aromatic heterocycles. The third kappa shape index (κ3) is 4.68. The average molecular weight is 504 g/mol. The lowest BCUT2D eigenvalue weighted by Crippen LogP contribution is -2.48. The molecule has 0 atom stereocenters. The number of fused-ring (bicyclic) bond motifs is 1. The Morgan fingerprint density at radius 1 is 1.03 bits per heavy atom. The van der Waals surface area contributed by atoms with Crippen molar-refractivity contribution in [1.82, 2.24) is 0 Å². The number of sulfonamides is 1. The Morgan fingerprint density at radius 2 is 1.73 bits per heavy atom. The summed E-state index contributed by atoms with van der Waals surface area (Å²) in [6, 6.07) is 17.5. The van der Waals surface area contributed by atoms with Gasteiger partial charge >= 0.3 is 0 Å². The molecule has 1 N–H and O–H groups in total. The second-order valence-electron chi connectivity index (χ2n) is 7.47. The van der Waals surface area contributed by atoms with Gasteiger partial charge in [-0.25, -0.2) is 8.42 Å². The van der Waals surface area contributed by atoms with Gasteiger partial charge in [0.15, 0.2) is 0 Å². The summed E-state index contributed by atoms with van der Waals surface area (Å²) in [4.78, 5) is 26.8. The fourth-order valence-electron chi connectivity index (χ4n) is 3.46. The maximum absolute atomic E-state index is 13.6. The van der Waals surface area contributed by atoms with Gasteiger partial charge in [-0.3, -0.25) is 18.8 Å². The summed E-state index contributed by atoms with van der Waals surface area (Å²) in [5.41, 5.74) is 2.03. The van der Waals surface area contributed by atoms with Crippen LogP contribution >= 0.6 is 23.2 Å². The van der Waals surface area contributed by atoms with E-state index in [-0.39, 0.29) is 33.1 Å². The molecule has 0 saturated carbocycles. The van der Waals surface area contributed by atoms with Crippen molar-refractivity contribution in [1.29, 1.82) is 0 Å². The number of anilines is 3. The zero-order chi connectivity index (χ0) is 23.8. The quantitative estimate of drug-likeness (QED) is 0.555. The minimum atomic E-state index is -4.14. The van der Waals surface area contributed by atoms with Gasteiger partial charge in [0, 0.05) is 0 Å². The normalized spacial score (nSPS) is 13.3. The van der Waals surface area contributed by atoms with E-state index >= 15 is 0 Å². The monoisotopic (exact) mass is 503 g/mol. The maximum Gasteiger partial charge on any atom is 0.264 e. The van der Waals surface area contributed by atoms with Crippen molar-refractivity contribution in [3.8, 4) is 0 Å². The van der Waals surface area contributed by atoms with Crippen LogP contribution in [0.4, 0.5) is 17.1 Å². The Hall–Kier alpha value is -3.07. The number of halogens is 2. The standard InChI is InChI=1S/C23H19Cl2N3O4S/c1-15-6-9-17(10-7-15)33(31,32)28(16-8-11-18(24)19(25)12-16)14-23(30)27-13-22(29)26-20-4-2-3-5-21(20)27/h2-12H,13-14H2,1H3,(H,26,29). The SMILES string of the molecule is Cc1ccc(S(=O)(=O)N(CC(=O)N2CC(=O)Nc3ccccc32)c2ccc(Cl)c(Cl)c2)cc1. The third-order valence-electron chi connectivity index (χ3n) is 5.15. The largest absolute Gasteiger partial charge is 0.323 e. The second kappa shape index (κ2) is 9.05. The maximum atomic E-state index is 13.6. The lowest BCUT2D eigenvalue weighted by molar-refractivity contribution is -0.121. The van der Waals surface area contributed by atoms with E-state index in [0.717, 1.165) is 9.87 Å². The van der Waals surface area contributed by atoms with Gasteiger partial charge in [-0.2, -0.15) is 0 Å². The number of carbonyl (C=O) groups excluding carboxylic acids is 2. The number of nitrogens with zero attached hydrogens (tertiary/aromatic N) is 2. The van der Waals surface area contributed by atoms with Crippen LogP contribution < -0.4 is 14.5 Å². The van der Waals surface area contributed by atoms with Crippen molar-refractivity contribution in [2.75, 3.05) is 27.6 Å². The molecule has 0 bridgehead atoms. The van der Waals surface area contributed by atoms with Crippen LogP contribution in [0.5, 0.6) is 0 Å². The van der Waals surface area contributed by atoms with Gasteiger partial charge in [0.2, 0.25) is 11.8 Å². The number of hydrogen-bond donors (Lipinski definition) is 1. The van der Waals surface area contributed by atoms with E-state index < -0.39 is 22.5 Å². The summed E-state index contributed by atoms with van der Waals surface area (Å²) in [7, 11) is -4.14. The summed E-state index contributed by atoms with van der Waals surface area (Å²) in [6.45, 7) is 1.07. The highest BCUT2D eigenvalue weighted by Crippen LogP contribution is 2.32. The molecular weight excluding hydrogens is 485 g/mol. The second-order valence-corrected chi connectivity index (χ2v) is 10.1. The fraction of sp³-hybridized carbons (Fsp3) is 0.130. The van der Waals surface area contributed by atoms with Crippen molar-refractivity contribution in [3.05, 3.63) is 82.3 Å². The molecule has 0 aliphatic carbocycles. The number of nitrogens with one attached hydrogen (secondary N) is 1. The Labute approximate surface area is 201 Å². The molecule has 2 amide bonds. The summed E-state index contributed by atoms with van der Waals surface area (Å²) >= 11 is 12.2. The van der Waals surface area contributed by atoms with Gasteiger partial charge in [-0.05, 0) is 49.4 Å². The van der Waals surface area contributed by atoms with Crippen LogP contribution in [0.2, 0.25) is 10.0 Å². The fourth-order valence-corrected chi connectivity index (χ4v) is 5.15. The van der Waals surface area contributed by atoms with E-state index in [1.807, 2.05) is 6.92 Å². The number of para-hydroxylation sites is 2. The lowest BCUT2D eigenvalue weighted by Gasteiger charge is -2.32. The van der Waals surface area contributed by atoms with Gasteiger partial charge in [-0.1, -0.05) is 53.0 Å². The van der Waals surface area contributed by atoms with Crippen LogP contribution in [0.3, 0.4) is 0 Å². The predicted molar refractivity (Wildman–Crippen MR) is 130 cm³/mol. The van der Waals surface area contributed by atoms with Crippen molar-refractivity contribution < 1.29 is 18.0 Å². The molecule has 3 aromatic rings. The van der Waals surface area contributed by atoms with Gasteiger partial charge in [0.1, 0.15) is 13.1 Å². The van der Waals surface area contributed by atoms with E-state index in [9.17, 15) is 18.0 Å². The molecule has 0 spiro atoms. The molecule has 7 nitrogen and oxygen atoms in total. The Bertz CT molecular complexity index is 1340. The topological polar surface area (TPSA) is 86.8 Å². The Morgan fingerprint density at radius 3 is 2.42 bits per heavy atom. The first kappa shape index (κ1) is 23.1. The van der Waals surface area contributed by atoms with Gasteiger partial charge in [0.05, 0.1) is 32.0 Å². The molecule has 10 heteroatoms. The van der Waals surface area contributed by atoms with Gasteiger partial charge in [0.25, 0.3) is 10.0 Å². The first-order chi connectivity index (χ1) is 15.7. The number of hydrogen-bond acceptors (Lipinski definition) is 4. The third-order valence-corrected chi connectivity index (χ3v) is 7.68. The summed E-state index contributed by atoms with van der Waals surface area (Å²) < 4.78 is 28.1.